The third-order valence-corrected chi connectivity index (χ3v) is 2.74. The van der Waals surface area contributed by atoms with Crippen LogP contribution < -0.4 is 4.90 Å². The summed E-state index contributed by atoms with van der Waals surface area (Å²) < 4.78 is 0. The lowest BCUT2D eigenvalue weighted by molar-refractivity contribution is -0.106. The van der Waals surface area contributed by atoms with E-state index in [1.54, 1.807) is 0 Å². The summed E-state index contributed by atoms with van der Waals surface area (Å²) >= 11 is 0. The maximum absolute atomic E-state index is 10.5. The fourth-order valence-corrected chi connectivity index (χ4v) is 2.08. The van der Waals surface area contributed by atoms with E-state index < -0.39 is 0 Å². The highest BCUT2D eigenvalue weighted by Gasteiger charge is 2.15. The quantitative estimate of drug-likeness (QED) is 0.663. The zero-order valence-electron chi connectivity index (χ0n) is 8.49. The summed E-state index contributed by atoms with van der Waals surface area (Å²) in [5.74, 6) is 0. The number of carbonyl (C=O) groups excluding carboxylic acids is 1. The van der Waals surface area contributed by atoms with Gasteiger partial charge in [-0.2, -0.15) is 0 Å². The van der Waals surface area contributed by atoms with Crippen LogP contribution in [0.15, 0.2) is 18.2 Å². The summed E-state index contributed by atoms with van der Waals surface area (Å²) in [5, 5.41) is 0. The van der Waals surface area contributed by atoms with Crippen molar-refractivity contribution in [2.75, 3.05) is 18.0 Å². The Labute approximate surface area is 84.5 Å². The molecule has 2 heteroatoms. The van der Waals surface area contributed by atoms with Gasteiger partial charge in [0.05, 0.1) is 6.54 Å². The minimum Gasteiger partial charge on any atom is -0.364 e. The Morgan fingerprint density at radius 1 is 1.50 bits per heavy atom. The molecule has 1 heterocycles. The molecule has 0 radical (unpaired) electrons. The van der Waals surface area contributed by atoms with Crippen molar-refractivity contribution in [2.45, 2.75) is 19.8 Å². The molecule has 0 saturated carbocycles. The molecule has 14 heavy (non-hydrogen) atoms. The van der Waals surface area contributed by atoms with Crippen LogP contribution in [-0.4, -0.2) is 19.4 Å². The fourth-order valence-electron chi connectivity index (χ4n) is 2.08. The van der Waals surface area contributed by atoms with Gasteiger partial charge in [-0.3, -0.25) is 0 Å². The van der Waals surface area contributed by atoms with Crippen molar-refractivity contribution in [3.8, 4) is 0 Å². The van der Waals surface area contributed by atoms with Crippen LogP contribution in [0.2, 0.25) is 0 Å². The van der Waals surface area contributed by atoms with Crippen LogP contribution in [-0.2, 0) is 11.2 Å². The van der Waals surface area contributed by atoms with Gasteiger partial charge in [0.25, 0.3) is 0 Å². The van der Waals surface area contributed by atoms with Crippen LogP contribution in [0, 0.1) is 6.92 Å². The number of aryl methyl sites for hydroxylation is 2. The number of fused-ring (bicyclic) bond motifs is 1. The predicted octanol–water partition coefficient (Wildman–Crippen LogP) is 1.95. The van der Waals surface area contributed by atoms with Gasteiger partial charge >= 0.3 is 0 Å². The first-order valence-electron chi connectivity index (χ1n) is 5.09. The first-order valence-corrected chi connectivity index (χ1v) is 5.09. The molecule has 0 atom stereocenters. The molecule has 0 N–H and O–H groups in total. The van der Waals surface area contributed by atoms with E-state index in [4.69, 9.17) is 0 Å². The molecule has 0 aromatic heterocycles. The molecule has 0 bridgehead atoms. The number of benzene rings is 1. The zero-order valence-corrected chi connectivity index (χ0v) is 8.49. The van der Waals surface area contributed by atoms with Gasteiger partial charge in [0.15, 0.2) is 0 Å². The second kappa shape index (κ2) is 3.82. The Hall–Kier alpha value is -1.31. The predicted molar refractivity (Wildman–Crippen MR) is 57.8 cm³/mol. The summed E-state index contributed by atoms with van der Waals surface area (Å²) in [4.78, 5) is 12.7. The summed E-state index contributed by atoms with van der Waals surface area (Å²) in [5.41, 5.74) is 3.93. The fraction of sp³-hybridized carbons (Fsp3) is 0.417. The van der Waals surface area contributed by atoms with Gasteiger partial charge in [-0.1, -0.05) is 17.7 Å². The maximum Gasteiger partial charge on any atom is 0.139 e. The summed E-state index contributed by atoms with van der Waals surface area (Å²) in [6, 6.07) is 6.47. The minimum absolute atomic E-state index is 0.524. The molecule has 0 saturated heterocycles. The molecule has 1 aliphatic rings. The monoisotopic (exact) mass is 189 g/mol. The number of rotatable bonds is 2. The molecule has 0 amide bonds. The van der Waals surface area contributed by atoms with Crippen LogP contribution in [0.1, 0.15) is 17.5 Å². The lowest BCUT2D eigenvalue weighted by Gasteiger charge is -2.29. The van der Waals surface area contributed by atoms with Gasteiger partial charge in [-0.15, -0.1) is 0 Å². The molecule has 0 unspecified atom stereocenters. The second-order valence-corrected chi connectivity index (χ2v) is 3.85. The van der Waals surface area contributed by atoms with E-state index >= 15 is 0 Å². The standard InChI is InChI=1S/C12H15NO/c1-10-4-5-12-11(9-10)3-2-6-13(12)7-8-14/h4-5,8-9H,2-3,6-7H2,1H3. The van der Waals surface area contributed by atoms with Crippen LogP contribution in [0.5, 0.6) is 0 Å². The molecule has 1 aliphatic heterocycles. The average Bonchev–Trinajstić information content (AvgIpc) is 2.18. The maximum atomic E-state index is 10.5. The summed E-state index contributed by atoms with van der Waals surface area (Å²) in [6.07, 6.45) is 3.28. The molecule has 1 aromatic carbocycles. The van der Waals surface area contributed by atoms with E-state index in [0.717, 1.165) is 25.7 Å². The van der Waals surface area contributed by atoms with Crippen LogP contribution in [0.3, 0.4) is 0 Å². The van der Waals surface area contributed by atoms with Gasteiger partial charge in [-0.05, 0) is 31.4 Å². The van der Waals surface area contributed by atoms with E-state index in [9.17, 15) is 4.79 Å². The second-order valence-electron chi connectivity index (χ2n) is 3.85. The van der Waals surface area contributed by atoms with Crippen molar-refractivity contribution in [2.24, 2.45) is 0 Å². The number of anilines is 1. The van der Waals surface area contributed by atoms with Gasteiger partial charge in [0, 0.05) is 12.2 Å². The minimum atomic E-state index is 0.524. The Balaban J connectivity index is 2.34. The number of aldehydes is 1. The molecular formula is C12H15NO. The Morgan fingerprint density at radius 2 is 2.36 bits per heavy atom. The normalized spacial score (nSPS) is 15.1. The third-order valence-electron chi connectivity index (χ3n) is 2.74. The Kier molecular flexibility index (Phi) is 2.53. The molecule has 2 nitrogen and oxygen atoms in total. The first kappa shape index (κ1) is 9.25. The third kappa shape index (κ3) is 1.65. The van der Waals surface area contributed by atoms with Crippen molar-refractivity contribution < 1.29 is 4.79 Å². The molecule has 74 valence electrons. The molecule has 2 rings (SSSR count). The first-order chi connectivity index (χ1) is 6.81. The van der Waals surface area contributed by atoms with Crippen molar-refractivity contribution >= 4 is 12.0 Å². The number of hydrogen-bond acceptors (Lipinski definition) is 2. The van der Waals surface area contributed by atoms with Gasteiger partial charge < -0.3 is 9.69 Å². The molecule has 1 aromatic rings. The topological polar surface area (TPSA) is 20.3 Å². The molecular weight excluding hydrogens is 174 g/mol. The number of carbonyl (C=O) groups is 1. The Bertz CT molecular complexity index is 346. The van der Waals surface area contributed by atoms with Gasteiger partial charge in [0.2, 0.25) is 0 Å². The largest absolute Gasteiger partial charge is 0.364 e. The van der Waals surface area contributed by atoms with E-state index in [2.05, 4.69) is 30.0 Å². The van der Waals surface area contributed by atoms with E-state index in [-0.39, 0.29) is 0 Å². The summed E-state index contributed by atoms with van der Waals surface area (Å²) in [6.45, 7) is 3.64. The van der Waals surface area contributed by atoms with Crippen molar-refractivity contribution in [3.05, 3.63) is 29.3 Å². The molecule has 0 spiro atoms. The lowest BCUT2D eigenvalue weighted by atomic mass is 10.00. The smallest absolute Gasteiger partial charge is 0.139 e. The van der Waals surface area contributed by atoms with Crippen molar-refractivity contribution in [1.29, 1.82) is 0 Å². The number of hydrogen-bond donors (Lipinski definition) is 0. The van der Waals surface area contributed by atoms with Gasteiger partial charge in [-0.25, -0.2) is 0 Å². The van der Waals surface area contributed by atoms with Gasteiger partial charge in [0.1, 0.15) is 6.29 Å². The molecule has 0 fully saturated rings. The lowest BCUT2D eigenvalue weighted by Crippen LogP contribution is -2.30. The van der Waals surface area contributed by atoms with E-state index in [0.29, 0.717) is 6.54 Å². The van der Waals surface area contributed by atoms with E-state index in [1.165, 1.54) is 16.8 Å². The molecule has 0 aliphatic carbocycles. The SMILES string of the molecule is Cc1ccc2c(c1)CCCN2CC=O. The van der Waals surface area contributed by atoms with Crippen LogP contribution in [0.25, 0.3) is 0 Å². The van der Waals surface area contributed by atoms with Crippen LogP contribution >= 0.6 is 0 Å². The highest BCUT2D eigenvalue weighted by Crippen LogP contribution is 2.27. The van der Waals surface area contributed by atoms with Crippen molar-refractivity contribution in [1.82, 2.24) is 0 Å². The van der Waals surface area contributed by atoms with Crippen molar-refractivity contribution in [3.63, 3.8) is 0 Å². The summed E-state index contributed by atoms with van der Waals surface area (Å²) in [7, 11) is 0. The highest BCUT2D eigenvalue weighted by molar-refractivity contribution is 5.65. The van der Waals surface area contributed by atoms with E-state index in [1.807, 2.05) is 0 Å². The Morgan fingerprint density at radius 3 is 3.14 bits per heavy atom. The zero-order chi connectivity index (χ0) is 9.97. The van der Waals surface area contributed by atoms with Crippen LogP contribution in [0.4, 0.5) is 5.69 Å². The highest BCUT2D eigenvalue weighted by atomic mass is 16.1. The number of nitrogens with zero attached hydrogens (tertiary/aromatic N) is 1. The average molecular weight is 189 g/mol.